The molecule has 18 heavy (non-hydrogen) atoms. The summed E-state index contributed by atoms with van der Waals surface area (Å²) in [4.78, 5) is 12.0. The minimum atomic E-state index is -0.249. The van der Waals surface area contributed by atoms with E-state index in [2.05, 4.69) is 18.9 Å². The third kappa shape index (κ3) is 1.51. The molecule has 0 amide bonds. The average Bonchev–Trinajstić information content (AvgIpc) is 3.00. The molecule has 0 aliphatic heterocycles. The fourth-order valence-electron chi connectivity index (χ4n) is 3.51. The lowest BCUT2D eigenvalue weighted by Crippen LogP contribution is -2.11. The number of esters is 1. The number of hydrogen-bond donors (Lipinski definition) is 0. The summed E-state index contributed by atoms with van der Waals surface area (Å²) in [7, 11) is 0. The van der Waals surface area contributed by atoms with Crippen LogP contribution in [-0.2, 0) is 4.74 Å². The quantitative estimate of drug-likeness (QED) is 0.772. The summed E-state index contributed by atoms with van der Waals surface area (Å²) in [5, 5.41) is 4.53. The Morgan fingerprint density at radius 3 is 2.83 bits per heavy atom. The van der Waals surface area contributed by atoms with E-state index in [-0.39, 0.29) is 5.97 Å². The predicted molar refractivity (Wildman–Crippen MR) is 67.9 cm³/mol. The Morgan fingerprint density at radius 2 is 2.17 bits per heavy atom. The highest BCUT2D eigenvalue weighted by molar-refractivity contribution is 5.90. The number of rotatable bonds is 3. The van der Waals surface area contributed by atoms with Crippen LogP contribution >= 0.6 is 0 Å². The second-order valence-electron chi connectivity index (χ2n) is 5.61. The minimum absolute atomic E-state index is 0.249. The monoisotopic (exact) mass is 248 g/mol. The largest absolute Gasteiger partial charge is 0.461 e. The van der Waals surface area contributed by atoms with E-state index >= 15 is 0 Å². The van der Waals surface area contributed by atoms with Crippen LogP contribution < -0.4 is 0 Å². The summed E-state index contributed by atoms with van der Waals surface area (Å²) in [5.74, 6) is 0.903. The molecule has 1 aromatic rings. The lowest BCUT2D eigenvalue weighted by molar-refractivity contribution is 0.0516. The first-order valence-corrected chi connectivity index (χ1v) is 6.92. The Balaban J connectivity index is 2.09. The van der Waals surface area contributed by atoms with Gasteiger partial charge in [-0.05, 0) is 46.0 Å². The van der Waals surface area contributed by atoms with Crippen LogP contribution in [0.1, 0.15) is 79.7 Å². The molecule has 1 aromatic heterocycles. The molecule has 2 aliphatic carbocycles. The summed E-state index contributed by atoms with van der Waals surface area (Å²) >= 11 is 0. The molecule has 4 heteroatoms. The zero-order valence-electron chi connectivity index (χ0n) is 11.3. The molecule has 1 heterocycles. The Hall–Kier alpha value is -1.32. The molecule has 1 fully saturated rings. The van der Waals surface area contributed by atoms with Crippen molar-refractivity contribution in [2.75, 3.05) is 6.61 Å². The van der Waals surface area contributed by atoms with Gasteiger partial charge in [0, 0.05) is 23.2 Å². The number of ether oxygens (including phenoxy) is 1. The van der Waals surface area contributed by atoms with Crippen LogP contribution in [-0.4, -0.2) is 22.4 Å². The second-order valence-corrected chi connectivity index (χ2v) is 5.61. The van der Waals surface area contributed by atoms with Crippen molar-refractivity contribution in [2.45, 2.75) is 57.9 Å². The number of carbonyl (C=O) groups excluding carboxylic acids is 1. The molecule has 0 saturated heterocycles. The van der Waals surface area contributed by atoms with Crippen molar-refractivity contribution >= 4 is 5.97 Å². The summed E-state index contributed by atoms with van der Waals surface area (Å²) in [6.07, 6.45) is 3.65. The van der Waals surface area contributed by atoms with Gasteiger partial charge in [0.25, 0.3) is 0 Å². The van der Waals surface area contributed by atoms with Crippen LogP contribution in [0.15, 0.2) is 0 Å². The minimum Gasteiger partial charge on any atom is -0.461 e. The SMILES string of the molecule is CCOC(=O)c1nn(C(C)C)c2c1C1CCC2C1. The maximum Gasteiger partial charge on any atom is 0.359 e. The van der Waals surface area contributed by atoms with Gasteiger partial charge >= 0.3 is 5.97 Å². The van der Waals surface area contributed by atoms with E-state index in [1.165, 1.54) is 30.5 Å². The fraction of sp³-hybridized carbons (Fsp3) is 0.714. The summed E-state index contributed by atoms with van der Waals surface area (Å²) in [6, 6.07) is 0.307. The van der Waals surface area contributed by atoms with Crippen molar-refractivity contribution in [3.05, 3.63) is 17.0 Å². The van der Waals surface area contributed by atoms with E-state index in [9.17, 15) is 4.79 Å². The van der Waals surface area contributed by atoms with E-state index in [1.807, 2.05) is 11.6 Å². The summed E-state index contributed by atoms with van der Waals surface area (Å²) in [6.45, 7) is 6.49. The van der Waals surface area contributed by atoms with Gasteiger partial charge in [-0.1, -0.05) is 0 Å². The molecule has 0 aromatic carbocycles. The molecule has 0 radical (unpaired) electrons. The molecule has 2 unspecified atom stereocenters. The maximum atomic E-state index is 12.0. The zero-order valence-corrected chi connectivity index (χ0v) is 11.3. The normalized spacial score (nSPS) is 24.7. The number of nitrogens with zero attached hydrogens (tertiary/aromatic N) is 2. The molecular formula is C14H20N2O2. The Kier molecular flexibility index (Phi) is 2.68. The standard InChI is InChI=1S/C14H20N2O2/c1-4-18-14(17)12-11-9-5-6-10(7-9)13(11)16(15-12)8(2)3/h8-10H,4-7H2,1-3H3. The third-order valence-electron chi connectivity index (χ3n) is 4.17. The highest BCUT2D eigenvalue weighted by Gasteiger charge is 2.44. The van der Waals surface area contributed by atoms with Crippen molar-refractivity contribution in [1.29, 1.82) is 0 Å². The van der Waals surface area contributed by atoms with Gasteiger partial charge in [-0.15, -0.1) is 0 Å². The maximum absolute atomic E-state index is 12.0. The lowest BCUT2D eigenvalue weighted by atomic mass is 9.95. The van der Waals surface area contributed by atoms with Crippen LogP contribution in [0.25, 0.3) is 0 Å². The molecule has 4 nitrogen and oxygen atoms in total. The smallest absolute Gasteiger partial charge is 0.359 e. The van der Waals surface area contributed by atoms with Crippen LogP contribution in [0.3, 0.4) is 0 Å². The van der Waals surface area contributed by atoms with E-state index < -0.39 is 0 Å². The van der Waals surface area contributed by atoms with Crippen molar-refractivity contribution in [3.63, 3.8) is 0 Å². The molecular weight excluding hydrogens is 228 g/mol. The van der Waals surface area contributed by atoms with E-state index in [1.54, 1.807) is 0 Å². The number of fused-ring (bicyclic) bond motifs is 5. The van der Waals surface area contributed by atoms with Gasteiger partial charge in [0.15, 0.2) is 5.69 Å². The Bertz CT molecular complexity index is 490. The first kappa shape index (κ1) is 11.8. The van der Waals surface area contributed by atoms with E-state index in [0.717, 1.165) is 0 Å². The van der Waals surface area contributed by atoms with Crippen molar-refractivity contribution in [1.82, 2.24) is 9.78 Å². The number of hydrogen-bond acceptors (Lipinski definition) is 3. The summed E-state index contributed by atoms with van der Waals surface area (Å²) < 4.78 is 7.19. The van der Waals surface area contributed by atoms with E-state index in [4.69, 9.17) is 4.74 Å². The second kappa shape index (κ2) is 4.11. The molecule has 98 valence electrons. The van der Waals surface area contributed by atoms with Crippen LogP contribution in [0, 0.1) is 0 Å². The van der Waals surface area contributed by atoms with Crippen molar-refractivity contribution in [2.24, 2.45) is 0 Å². The van der Waals surface area contributed by atoms with Crippen LogP contribution in [0.4, 0.5) is 0 Å². The lowest BCUT2D eigenvalue weighted by Gasteiger charge is -2.15. The van der Waals surface area contributed by atoms with Gasteiger partial charge in [0.1, 0.15) is 0 Å². The van der Waals surface area contributed by atoms with Gasteiger partial charge in [0.05, 0.1) is 6.61 Å². The molecule has 0 spiro atoms. The molecule has 2 atom stereocenters. The fourth-order valence-corrected chi connectivity index (χ4v) is 3.51. The van der Waals surface area contributed by atoms with E-state index in [0.29, 0.717) is 30.2 Å². The molecule has 3 rings (SSSR count). The van der Waals surface area contributed by atoms with Gasteiger partial charge in [-0.3, -0.25) is 4.68 Å². The van der Waals surface area contributed by atoms with Gasteiger partial charge in [-0.2, -0.15) is 5.10 Å². The highest BCUT2D eigenvalue weighted by atomic mass is 16.5. The number of carbonyl (C=O) groups is 1. The Labute approximate surface area is 107 Å². The average molecular weight is 248 g/mol. The van der Waals surface area contributed by atoms with Crippen molar-refractivity contribution in [3.8, 4) is 0 Å². The third-order valence-corrected chi connectivity index (χ3v) is 4.17. The van der Waals surface area contributed by atoms with Crippen LogP contribution in [0.5, 0.6) is 0 Å². The number of aromatic nitrogens is 2. The molecule has 1 saturated carbocycles. The molecule has 2 aliphatic rings. The van der Waals surface area contributed by atoms with Gasteiger partial charge < -0.3 is 4.74 Å². The first-order valence-electron chi connectivity index (χ1n) is 6.92. The zero-order chi connectivity index (χ0) is 12.9. The topological polar surface area (TPSA) is 44.1 Å². The Morgan fingerprint density at radius 1 is 1.44 bits per heavy atom. The highest BCUT2D eigenvalue weighted by Crippen LogP contribution is 2.54. The summed E-state index contributed by atoms with van der Waals surface area (Å²) in [5.41, 5.74) is 3.08. The molecule has 0 N–H and O–H groups in total. The molecule has 2 bridgehead atoms. The van der Waals surface area contributed by atoms with Gasteiger partial charge in [0.2, 0.25) is 0 Å². The van der Waals surface area contributed by atoms with Crippen molar-refractivity contribution < 1.29 is 9.53 Å². The first-order chi connectivity index (χ1) is 8.63. The van der Waals surface area contributed by atoms with Gasteiger partial charge in [-0.25, -0.2) is 4.79 Å². The van der Waals surface area contributed by atoms with Crippen LogP contribution in [0.2, 0.25) is 0 Å². The predicted octanol–water partition coefficient (Wildman–Crippen LogP) is 3.01.